The number of thiazole rings is 1. The summed E-state index contributed by atoms with van der Waals surface area (Å²) in [5.74, 6) is -0.711. The van der Waals surface area contributed by atoms with Crippen molar-refractivity contribution in [1.82, 2.24) is 10.3 Å². The molecule has 1 amide bonds. The second kappa shape index (κ2) is 5.46. The predicted molar refractivity (Wildman–Crippen MR) is 66.5 cm³/mol. The summed E-state index contributed by atoms with van der Waals surface area (Å²) in [5.41, 5.74) is 3.46. The van der Waals surface area contributed by atoms with Crippen molar-refractivity contribution in [3.8, 4) is 0 Å². The third-order valence-corrected chi connectivity index (χ3v) is 3.73. The summed E-state index contributed by atoms with van der Waals surface area (Å²) in [7, 11) is 0. The van der Waals surface area contributed by atoms with Crippen LogP contribution in [0, 0.1) is 5.92 Å². The van der Waals surface area contributed by atoms with E-state index < -0.39 is 23.3 Å². The number of nitrogens with one attached hydrogen (secondary N) is 1. The molecule has 0 radical (unpaired) electrons. The molecule has 1 rings (SSSR count). The molecule has 1 unspecified atom stereocenters. The first-order valence-electron chi connectivity index (χ1n) is 5.63. The zero-order valence-electron chi connectivity index (χ0n) is 10.8. The SMILES string of the molecule is CC(CN)C(=O)NC(C)(C)c1nc(C(F)(F)F)cs1. The van der Waals surface area contributed by atoms with Crippen molar-refractivity contribution < 1.29 is 18.0 Å². The number of nitrogens with two attached hydrogens (primary N) is 1. The third-order valence-electron chi connectivity index (χ3n) is 2.57. The van der Waals surface area contributed by atoms with Crippen LogP contribution in [0.1, 0.15) is 31.5 Å². The van der Waals surface area contributed by atoms with Gasteiger partial charge in [0.2, 0.25) is 5.91 Å². The lowest BCUT2D eigenvalue weighted by atomic mass is 10.0. The number of aromatic nitrogens is 1. The summed E-state index contributed by atoms with van der Waals surface area (Å²) in [5, 5.41) is 3.80. The van der Waals surface area contributed by atoms with Crippen LogP contribution >= 0.6 is 11.3 Å². The van der Waals surface area contributed by atoms with E-state index in [9.17, 15) is 18.0 Å². The topological polar surface area (TPSA) is 68.0 Å². The lowest BCUT2D eigenvalue weighted by Crippen LogP contribution is -2.44. The Kier molecular flexibility index (Phi) is 4.57. The first kappa shape index (κ1) is 15.9. The van der Waals surface area contributed by atoms with Gasteiger partial charge in [0.15, 0.2) is 5.69 Å². The quantitative estimate of drug-likeness (QED) is 0.894. The number of rotatable bonds is 4. The van der Waals surface area contributed by atoms with Crippen molar-refractivity contribution in [1.29, 1.82) is 0 Å². The maximum atomic E-state index is 12.5. The Labute approximate surface area is 113 Å². The molecule has 0 saturated heterocycles. The number of carbonyl (C=O) groups excluding carboxylic acids is 1. The monoisotopic (exact) mass is 295 g/mol. The molecule has 0 aromatic carbocycles. The second-order valence-electron chi connectivity index (χ2n) is 4.79. The summed E-state index contributed by atoms with van der Waals surface area (Å²) in [4.78, 5) is 15.3. The lowest BCUT2D eigenvalue weighted by Gasteiger charge is -2.25. The molecule has 0 fully saturated rings. The van der Waals surface area contributed by atoms with Gasteiger partial charge in [-0.05, 0) is 13.8 Å². The van der Waals surface area contributed by atoms with Gasteiger partial charge in [-0.1, -0.05) is 6.92 Å². The maximum absolute atomic E-state index is 12.5. The van der Waals surface area contributed by atoms with Gasteiger partial charge in [0.25, 0.3) is 0 Å². The number of carbonyl (C=O) groups is 1. The number of alkyl halides is 3. The zero-order chi connectivity index (χ0) is 14.8. The standard InChI is InChI=1S/C11H16F3N3OS/c1-6(4-15)8(18)17-10(2,3)9-16-7(5-19-9)11(12,13)14/h5-6H,4,15H2,1-3H3,(H,17,18). The normalized spacial score (nSPS) is 14.3. The van der Waals surface area contributed by atoms with E-state index in [0.29, 0.717) is 0 Å². The summed E-state index contributed by atoms with van der Waals surface area (Å²) in [6.45, 7) is 5.03. The summed E-state index contributed by atoms with van der Waals surface area (Å²) in [6.07, 6.45) is -4.47. The third kappa shape index (κ3) is 3.90. The minimum atomic E-state index is -4.47. The fraction of sp³-hybridized carbons (Fsp3) is 0.636. The molecular formula is C11H16F3N3OS. The number of halogens is 3. The van der Waals surface area contributed by atoms with Crippen molar-refractivity contribution in [2.45, 2.75) is 32.5 Å². The van der Waals surface area contributed by atoms with E-state index in [1.165, 1.54) is 0 Å². The van der Waals surface area contributed by atoms with Crippen molar-refractivity contribution in [3.05, 3.63) is 16.1 Å². The molecule has 0 saturated carbocycles. The van der Waals surface area contributed by atoms with Gasteiger partial charge in [-0.25, -0.2) is 4.98 Å². The molecular weight excluding hydrogens is 279 g/mol. The number of amides is 1. The van der Waals surface area contributed by atoms with Crippen LogP contribution in [0.2, 0.25) is 0 Å². The Morgan fingerprint density at radius 3 is 2.53 bits per heavy atom. The molecule has 0 aliphatic heterocycles. The second-order valence-corrected chi connectivity index (χ2v) is 5.64. The van der Waals surface area contributed by atoms with Gasteiger partial charge in [-0.15, -0.1) is 11.3 Å². The summed E-state index contributed by atoms with van der Waals surface area (Å²) >= 11 is 0.868. The Bertz CT molecular complexity index is 456. The number of hydrogen-bond donors (Lipinski definition) is 2. The van der Waals surface area contributed by atoms with Crippen LogP contribution in [0.15, 0.2) is 5.38 Å². The minimum Gasteiger partial charge on any atom is -0.344 e. The molecule has 1 atom stereocenters. The van der Waals surface area contributed by atoms with Crippen LogP contribution in [-0.4, -0.2) is 17.4 Å². The summed E-state index contributed by atoms with van der Waals surface area (Å²) in [6, 6.07) is 0. The Morgan fingerprint density at radius 1 is 1.53 bits per heavy atom. The Hall–Kier alpha value is -1.15. The van der Waals surface area contributed by atoms with E-state index in [4.69, 9.17) is 5.73 Å². The molecule has 4 nitrogen and oxygen atoms in total. The average Bonchev–Trinajstić information content (AvgIpc) is 2.76. The molecule has 19 heavy (non-hydrogen) atoms. The first-order valence-corrected chi connectivity index (χ1v) is 6.51. The molecule has 1 aromatic heterocycles. The molecule has 0 spiro atoms. The lowest BCUT2D eigenvalue weighted by molar-refractivity contribution is -0.140. The largest absolute Gasteiger partial charge is 0.434 e. The smallest absolute Gasteiger partial charge is 0.344 e. The van der Waals surface area contributed by atoms with E-state index in [1.54, 1.807) is 20.8 Å². The molecule has 0 aliphatic carbocycles. The fourth-order valence-electron chi connectivity index (χ4n) is 1.28. The van der Waals surface area contributed by atoms with Crippen molar-refractivity contribution in [2.75, 3.05) is 6.54 Å². The van der Waals surface area contributed by atoms with Gasteiger partial charge in [-0.2, -0.15) is 13.2 Å². The number of hydrogen-bond acceptors (Lipinski definition) is 4. The highest BCUT2D eigenvalue weighted by atomic mass is 32.1. The molecule has 8 heteroatoms. The predicted octanol–water partition coefficient (Wildman–Crippen LogP) is 2.11. The Balaban J connectivity index is 2.89. The average molecular weight is 295 g/mol. The zero-order valence-corrected chi connectivity index (χ0v) is 11.7. The van der Waals surface area contributed by atoms with Crippen molar-refractivity contribution >= 4 is 17.2 Å². The van der Waals surface area contributed by atoms with E-state index >= 15 is 0 Å². The maximum Gasteiger partial charge on any atom is 0.434 e. The van der Waals surface area contributed by atoms with E-state index in [2.05, 4.69) is 10.3 Å². The molecule has 1 heterocycles. The first-order chi connectivity index (χ1) is 8.58. The van der Waals surface area contributed by atoms with Gasteiger partial charge >= 0.3 is 6.18 Å². The van der Waals surface area contributed by atoms with Crippen LogP contribution < -0.4 is 11.1 Å². The summed E-state index contributed by atoms with van der Waals surface area (Å²) < 4.78 is 37.4. The van der Waals surface area contributed by atoms with Gasteiger partial charge in [0.05, 0.1) is 5.54 Å². The highest BCUT2D eigenvalue weighted by Gasteiger charge is 2.36. The van der Waals surface area contributed by atoms with E-state index in [0.717, 1.165) is 16.7 Å². The molecule has 0 bridgehead atoms. The minimum absolute atomic E-state index is 0.174. The van der Waals surface area contributed by atoms with Gasteiger partial charge in [0, 0.05) is 17.8 Å². The van der Waals surface area contributed by atoms with Gasteiger partial charge < -0.3 is 11.1 Å². The van der Waals surface area contributed by atoms with Gasteiger partial charge in [-0.3, -0.25) is 4.79 Å². The van der Waals surface area contributed by atoms with Crippen LogP contribution in [0.3, 0.4) is 0 Å². The van der Waals surface area contributed by atoms with Crippen LogP contribution in [0.25, 0.3) is 0 Å². The highest BCUT2D eigenvalue weighted by molar-refractivity contribution is 7.09. The van der Waals surface area contributed by atoms with Crippen LogP contribution in [0.5, 0.6) is 0 Å². The molecule has 0 aliphatic rings. The molecule has 1 aromatic rings. The van der Waals surface area contributed by atoms with Crippen molar-refractivity contribution in [3.63, 3.8) is 0 Å². The van der Waals surface area contributed by atoms with Crippen LogP contribution in [0.4, 0.5) is 13.2 Å². The van der Waals surface area contributed by atoms with E-state index in [-0.39, 0.29) is 17.5 Å². The molecule has 3 N–H and O–H groups in total. The van der Waals surface area contributed by atoms with E-state index in [1.807, 2.05) is 0 Å². The molecule has 108 valence electrons. The fourth-order valence-corrected chi connectivity index (χ4v) is 2.19. The number of nitrogens with zero attached hydrogens (tertiary/aromatic N) is 1. The highest BCUT2D eigenvalue weighted by Crippen LogP contribution is 2.33. The van der Waals surface area contributed by atoms with Gasteiger partial charge in [0.1, 0.15) is 5.01 Å². The van der Waals surface area contributed by atoms with Crippen LogP contribution in [-0.2, 0) is 16.5 Å². The Morgan fingerprint density at radius 2 is 2.11 bits per heavy atom. The van der Waals surface area contributed by atoms with Crippen molar-refractivity contribution in [2.24, 2.45) is 11.7 Å².